The molecule has 0 aliphatic rings. The maximum Gasteiger partial charge on any atom is 0.244 e. The van der Waals surface area contributed by atoms with Gasteiger partial charge in [-0.25, -0.2) is 8.42 Å². The third-order valence-electron chi connectivity index (χ3n) is 4.89. The Morgan fingerprint density at radius 3 is 2.52 bits per heavy atom. The maximum atomic E-state index is 12.8. The molecule has 1 amide bonds. The van der Waals surface area contributed by atoms with E-state index in [4.69, 9.17) is 0 Å². The molecule has 0 aliphatic heterocycles. The number of thioether (sulfide) groups is 1. The van der Waals surface area contributed by atoms with Crippen molar-refractivity contribution in [1.29, 1.82) is 0 Å². The number of carbonyl (C=O) groups is 1. The number of aromatic nitrogens is 3. The Kier molecular flexibility index (Phi) is 7.69. The first kappa shape index (κ1) is 23.2. The number of sulfonamides is 1. The second-order valence-corrected chi connectivity index (χ2v) is 10.2. The molecule has 3 rings (SSSR count). The van der Waals surface area contributed by atoms with Crippen molar-refractivity contribution >= 4 is 33.3 Å². The number of nitrogens with one attached hydrogen (secondary N) is 1. The van der Waals surface area contributed by atoms with E-state index in [1.165, 1.54) is 28.3 Å². The Balaban J connectivity index is 1.70. The van der Waals surface area contributed by atoms with Crippen LogP contribution in [0.3, 0.4) is 0 Å². The summed E-state index contributed by atoms with van der Waals surface area (Å²) in [7, 11) is -3.60. The fourth-order valence-corrected chi connectivity index (χ4v) is 5.44. The molecule has 0 fully saturated rings. The minimum Gasteiger partial charge on any atom is -0.355 e. The number of benzene rings is 1. The Morgan fingerprint density at radius 2 is 1.84 bits per heavy atom. The van der Waals surface area contributed by atoms with E-state index in [0.29, 0.717) is 30.4 Å². The van der Waals surface area contributed by atoms with Crippen LogP contribution in [0.15, 0.2) is 58.7 Å². The molecule has 166 valence electrons. The molecular weight excluding hydrogens is 434 g/mol. The van der Waals surface area contributed by atoms with Crippen molar-refractivity contribution in [2.24, 2.45) is 0 Å². The van der Waals surface area contributed by atoms with Crippen LogP contribution in [0, 0.1) is 0 Å². The van der Waals surface area contributed by atoms with Crippen LogP contribution in [-0.4, -0.2) is 58.1 Å². The molecule has 2 heterocycles. The number of rotatable bonds is 10. The maximum absolute atomic E-state index is 12.8. The summed E-state index contributed by atoms with van der Waals surface area (Å²) in [4.78, 5) is 12.7. The summed E-state index contributed by atoms with van der Waals surface area (Å²) in [5, 5.41) is 11.2. The summed E-state index contributed by atoms with van der Waals surface area (Å²) in [5.74, 6) is -0.107. The molecule has 1 aromatic carbocycles. The van der Waals surface area contributed by atoms with Gasteiger partial charge in [0.05, 0.1) is 10.1 Å². The minimum atomic E-state index is -3.60. The Hall–Kier alpha value is -2.43. The van der Waals surface area contributed by atoms with Crippen LogP contribution >= 0.6 is 11.8 Å². The first-order valence-corrected chi connectivity index (χ1v) is 12.5. The van der Waals surface area contributed by atoms with Crippen LogP contribution < -0.4 is 5.32 Å². The lowest BCUT2D eigenvalue weighted by Gasteiger charge is -2.18. The van der Waals surface area contributed by atoms with Gasteiger partial charge in [-0.3, -0.25) is 9.20 Å². The summed E-state index contributed by atoms with van der Waals surface area (Å²) in [6, 6.07) is 13.1. The van der Waals surface area contributed by atoms with Gasteiger partial charge in [-0.05, 0) is 31.0 Å². The van der Waals surface area contributed by atoms with Gasteiger partial charge in [0.25, 0.3) is 0 Å². The van der Waals surface area contributed by atoms with E-state index in [2.05, 4.69) is 15.5 Å². The number of carbonyl (C=O) groups excluding carboxylic acids is 1. The Morgan fingerprint density at radius 1 is 1.13 bits per heavy atom. The molecule has 0 bridgehead atoms. The molecule has 0 saturated carbocycles. The highest BCUT2D eigenvalue weighted by molar-refractivity contribution is 8.00. The SMILES string of the molecule is CCN(CC)S(=O)(=O)c1ccc2nnc(SC(C)C(=O)NCCc3ccccc3)n2c1. The van der Waals surface area contributed by atoms with Gasteiger partial charge in [-0.15, -0.1) is 10.2 Å². The summed E-state index contributed by atoms with van der Waals surface area (Å²) in [6.07, 6.45) is 2.27. The smallest absolute Gasteiger partial charge is 0.244 e. The monoisotopic (exact) mass is 461 g/mol. The molecule has 1 N–H and O–H groups in total. The second-order valence-electron chi connectivity index (χ2n) is 6.95. The lowest BCUT2D eigenvalue weighted by Crippen LogP contribution is -2.32. The van der Waals surface area contributed by atoms with Crippen molar-refractivity contribution in [2.45, 2.75) is 42.5 Å². The molecule has 31 heavy (non-hydrogen) atoms. The van der Waals surface area contributed by atoms with E-state index < -0.39 is 15.3 Å². The molecule has 0 saturated heterocycles. The third kappa shape index (κ3) is 5.44. The van der Waals surface area contributed by atoms with E-state index in [-0.39, 0.29) is 10.8 Å². The Labute approximate surface area is 187 Å². The van der Waals surface area contributed by atoms with Gasteiger partial charge >= 0.3 is 0 Å². The first-order valence-electron chi connectivity index (χ1n) is 10.2. The summed E-state index contributed by atoms with van der Waals surface area (Å²) in [6.45, 7) is 6.72. The van der Waals surface area contributed by atoms with E-state index in [1.807, 2.05) is 30.3 Å². The molecule has 1 atom stereocenters. The molecule has 10 heteroatoms. The van der Waals surface area contributed by atoms with Crippen molar-refractivity contribution in [3.63, 3.8) is 0 Å². The number of fused-ring (bicyclic) bond motifs is 1. The average molecular weight is 462 g/mol. The summed E-state index contributed by atoms with van der Waals surface area (Å²) >= 11 is 1.24. The fraction of sp³-hybridized carbons (Fsp3) is 0.381. The van der Waals surface area contributed by atoms with E-state index in [0.717, 1.165) is 12.0 Å². The highest BCUT2D eigenvalue weighted by Crippen LogP contribution is 2.24. The third-order valence-corrected chi connectivity index (χ3v) is 7.98. The zero-order chi connectivity index (χ0) is 22.4. The first-order chi connectivity index (χ1) is 14.9. The molecule has 3 aromatic rings. The van der Waals surface area contributed by atoms with Gasteiger partial charge in [-0.1, -0.05) is 55.9 Å². The van der Waals surface area contributed by atoms with Crippen LogP contribution in [-0.2, 0) is 21.2 Å². The normalized spacial score (nSPS) is 12.9. The molecule has 8 nitrogen and oxygen atoms in total. The molecule has 2 aromatic heterocycles. The largest absolute Gasteiger partial charge is 0.355 e. The topological polar surface area (TPSA) is 96.7 Å². The van der Waals surface area contributed by atoms with Crippen molar-refractivity contribution < 1.29 is 13.2 Å². The lowest BCUT2D eigenvalue weighted by molar-refractivity contribution is -0.120. The zero-order valence-electron chi connectivity index (χ0n) is 17.9. The predicted molar refractivity (Wildman–Crippen MR) is 122 cm³/mol. The highest BCUT2D eigenvalue weighted by Gasteiger charge is 2.23. The van der Waals surface area contributed by atoms with Crippen molar-refractivity contribution in [3.8, 4) is 0 Å². The standard InChI is InChI=1S/C21H27N5O3S2/c1-4-25(5-2)31(28,29)18-11-12-19-23-24-21(26(19)15-18)30-16(3)20(27)22-14-13-17-9-7-6-8-10-17/h6-12,15-16H,4-5,13-14H2,1-3H3,(H,22,27). The van der Waals surface area contributed by atoms with Crippen LogP contribution in [0.1, 0.15) is 26.3 Å². The van der Waals surface area contributed by atoms with Gasteiger partial charge in [0.15, 0.2) is 10.8 Å². The lowest BCUT2D eigenvalue weighted by atomic mass is 10.1. The summed E-state index contributed by atoms with van der Waals surface area (Å²) < 4.78 is 28.7. The predicted octanol–water partition coefficient (Wildman–Crippen LogP) is 2.60. The Bertz CT molecular complexity index is 1130. The number of amides is 1. The fourth-order valence-electron chi connectivity index (χ4n) is 3.13. The van der Waals surface area contributed by atoms with Crippen molar-refractivity contribution in [3.05, 3.63) is 54.2 Å². The summed E-state index contributed by atoms with van der Waals surface area (Å²) in [5.41, 5.74) is 1.69. The number of hydrogen-bond acceptors (Lipinski definition) is 6. The van der Waals surface area contributed by atoms with Crippen LogP contribution in [0.25, 0.3) is 5.65 Å². The van der Waals surface area contributed by atoms with Gasteiger partial charge in [-0.2, -0.15) is 4.31 Å². The molecule has 1 unspecified atom stereocenters. The van der Waals surface area contributed by atoms with E-state index in [9.17, 15) is 13.2 Å². The van der Waals surface area contributed by atoms with Crippen LogP contribution in [0.5, 0.6) is 0 Å². The van der Waals surface area contributed by atoms with Crippen LogP contribution in [0.2, 0.25) is 0 Å². The number of pyridine rings is 1. The number of hydrogen-bond donors (Lipinski definition) is 1. The molecule has 0 aliphatic carbocycles. The van der Waals surface area contributed by atoms with Gasteiger partial charge in [0.2, 0.25) is 15.9 Å². The van der Waals surface area contributed by atoms with Crippen molar-refractivity contribution in [2.75, 3.05) is 19.6 Å². The average Bonchev–Trinajstić information content (AvgIpc) is 3.17. The molecule has 0 spiro atoms. The minimum absolute atomic E-state index is 0.107. The van der Waals surface area contributed by atoms with Crippen molar-refractivity contribution in [1.82, 2.24) is 24.2 Å². The van der Waals surface area contributed by atoms with Crippen LogP contribution in [0.4, 0.5) is 0 Å². The zero-order valence-corrected chi connectivity index (χ0v) is 19.5. The molecular formula is C21H27N5O3S2. The van der Waals surface area contributed by atoms with Gasteiger partial charge < -0.3 is 5.32 Å². The second kappa shape index (κ2) is 10.3. The van der Waals surface area contributed by atoms with E-state index >= 15 is 0 Å². The highest BCUT2D eigenvalue weighted by atomic mass is 32.2. The number of nitrogens with zero attached hydrogens (tertiary/aromatic N) is 4. The van der Waals surface area contributed by atoms with Gasteiger partial charge in [0, 0.05) is 25.8 Å². The quantitative estimate of drug-likeness (QED) is 0.466. The van der Waals surface area contributed by atoms with Gasteiger partial charge in [0.1, 0.15) is 0 Å². The molecule has 0 radical (unpaired) electrons. The van der Waals surface area contributed by atoms with E-state index in [1.54, 1.807) is 31.2 Å².